The molecule has 0 bridgehead atoms. The van der Waals surface area contributed by atoms with Gasteiger partial charge in [0.1, 0.15) is 11.8 Å². The Morgan fingerprint density at radius 1 is 1.24 bits per heavy atom. The fraction of sp³-hybridized carbons (Fsp3) is 0.316. The number of amides is 1. The van der Waals surface area contributed by atoms with Crippen LogP contribution in [-0.2, 0) is 4.74 Å². The zero-order valence-electron chi connectivity index (χ0n) is 14.2. The topological polar surface area (TPSA) is 79.7 Å². The summed E-state index contributed by atoms with van der Waals surface area (Å²) >= 11 is 0. The molecule has 1 amide bonds. The Morgan fingerprint density at radius 2 is 1.96 bits per heavy atom. The number of carboxylic acid groups (broad SMARTS) is 1. The number of carbonyl (C=O) groups excluding carboxylic acids is 1. The first kappa shape index (κ1) is 17.1. The molecule has 1 saturated heterocycles. The number of carboxylic acids is 1. The summed E-state index contributed by atoms with van der Waals surface area (Å²) in [5.74, 6) is -1.38. The van der Waals surface area contributed by atoms with Gasteiger partial charge in [-0.2, -0.15) is 0 Å². The first-order chi connectivity index (χ1) is 11.9. The first-order valence-corrected chi connectivity index (χ1v) is 8.06. The van der Waals surface area contributed by atoms with Crippen molar-refractivity contribution in [3.63, 3.8) is 0 Å². The fourth-order valence-corrected chi connectivity index (χ4v) is 2.89. The van der Waals surface area contributed by atoms with Crippen molar-refractivity contribution in [2.24, 2.45) is 0 Å². The van der Waals surface area contributed by atoms with Crippen molar-refractivity contribution >= 4 is 11.9 Å². The van der Waals surface area contributed by atoms with Crippen LogP contribution in [0.15, 0.2) is 48.7 Å². The molecular formula is C19H20N2O4. The Balaban J connectivity index is 1.88. The fourth-order valence-electron chi connectivity index (χ4n) is 2.89. The van der Waals surface area contributed by atoms with Gasteiger partial charge in [-0.25, -0.2) is 4.79 Å². The Bertz CT molecular complexity index is 789. The molecule has 0 radical (unpaired) electrons. The molecule has 2 aromatic rings. The number of aromatic carboxylic acids is 1. The van der Waals surface area contributed by atoms with Crippen LogP contribution in [0.5, 0.6) is 0 Å². The summed E-state index contributed by atoms with van der Waals surface area (Å²) in [5, 5.41) is 9.12. The van der Waals surface area contributed by atoms with Crippen LogP contribution in [0.2, 0.25) is 0 Å². The van der Waals surface area contributed by atoms with E-state index in [4.69, 9.17) is 9.84 Å². The zero-order valence-corrected chi connectivity index (χ0v) is 14.2. The van der Waals surface area contributed by atoms with E-state index in [0.29, 0.717) is 13.2 Å². The van der Waals surface area contributed by atoms with Crippen molar-refractivity contribution in [2.75, 3.05) is 13.2 Å². The van der Waals surface area contributed by atoms with Crippen LogP contribution in [0, 0.1) is 0 Å². The molecule has 0 spiro atoms. The second-order valence-corrected chi connectivity index (χ2v) is 6.67. The standard InChI is InChI=1S/C19H20N2O4/c1-19(2)12-25-16(13-6-4-3-5-7-13)11-21(19)17(22)15-10-14(18(23)24)8-9-20-15/h3-10,16H,11-12H2,1-2H3,(H,23,24). The minimum absolute atomic E-state index is 0.0454. The third kappa shape index (κ3) is 3.53. The van der Waals surface area contributed by atoms with E-state index in [1.807, 2.05) is 44.2 Å². The smallest absolute Gasteiger partial charge is 0.335 e. The second-order valence-electron chi connectivity index (χ2n) is 6.67. The molecule has 1 unspecified atom stereocenters. The number of rotatable bonds is 3. The normalized spacial score (nSPS) is 19.4. The van der Waals surface area contributed by atoms with E-state index in [0.717, 1.165) is 5.56 Å². The van der Waals surface area contributed by atoms with Crippen molar-refractivity contribution in [3.8, 4) is 0 Å². The van der Waals surface area contributed by atoms with Crippen molar-refractivity contribution in [3.05, 3.63) is 65.5 Å². The van der Waals surface area contributed by atoms with Crippen molar-refractivity contribution in [1.82, 2.24) is 9.88 Å². The van der Waals surface area contributed by atoms with E-state index < -0.39 is 11.5 Å². The summed E-state index contributed by atoms with van der Waals surface area (Å²) in [6.45, 7) is 4.62. The van der Waals surface area contributed by atoms with Crippen molar-refractivity contribution in [2.45, 2.75) is 25.5 Å². The molecule has 1 aliphatic heterocycles. The lowest BCUT2D eigenvalue weighted by atomic mass is 9.97. The van der Waals surface area contributed by atoms with E-state index in [1.54, 1.807) is 4.90 Å². The lowest BCUT2D eigenvalue weighted by Crippen LogP contribution is -2.56. The van der Waals surface area contributed by atoms with Crippen LogP contribution < -0.4 is 0 Å². The number of ether oxygens (including phenoxy) is 1. The van der Waals surface area contributed by atoms with Crippen molar-refractivity contribution in [1.29, 1.82) is 0 Å². The van der Waals surface area contributed by atoms with Crippen LogP contribution in [0.4, 0.5) is 0 Å². The highest BCUT2D eigenvalue weighted by Gasteiger charge is 2.39. The molecule has 0 aliphatic carbocycles. The molecule has 3 rings (SSSR count). The molecule has 1 atom stereocenters. The Hall–Kier alpha value is -2.73. The van der Waals surface area contributed by atoms with Gasteiger partial charge in [-0.15, -0.1) is 0 Å². The molecule has 1 aromatic heterocycles. The molecule has 25 heavy (non-hydrogen) atoms. The molecule has 1 N–H and O–H groups in total. The maximum absolute atomic E-state index is 13.0. The number of carbonyl (C=O) groups is 2. The lowest BCUT2D eigenvalue weighted by molar-refractivity contribution is -0.0848. The molecular weight excluding hydrogens is 320 g/mol. The summed E-state index contributed by atoms with van der Waals surface area (Å²) in [6.07, 6.45) is 1.12. The molecule has 0 saturated carbocycles. The van der Waals surface area contributed by atoms with Crippen LogP contribution in [0.3, 0.4) is 0 Å². The Kier molecular flexibility index (Phi) is 4.55. The van der Waals surface area contributed by atoms with Gasteiger partial charge in [0.2, 0.25) is 0 Å². The minimum atomic E-state index is -1.08. The van der Waals surface area contributed by atoms with Gasteiger partial charge in [-0.05, 0) is 31.5 Å². The second kappa shape index (κ2) is 6.64. The number of nitrogens with zero attached hydrogens (tertiary/aromatic N) is 2. The number of hydrogen-bond acceptors (Lipinski definition) is 4. The molecule has 1 aromatic carbocycles. The predicted molar refractivity (Wildman–Crippen MR) is 91.4 cm³/mol. The highest BCUT2D eigenvalue weighted by molar-refractivity contribution is 5.96. The van der Waals surface area contributed by atoms with E-state index in [9.17, 15) is 9.59 Å². The van der Waals surface area contributed by atoms with E-state index in [2.05, 4.69) is 4.98 Å². The number of aromatic nitrogens is 1. The molecule has 1 aliphatic rings. The number of morpholine rings is 1. The van der Waals surface area contributed by atoms with Gasteiger partial charge in [0.15, 0.2) is 0 Å². The largest absolute Gasteiger partial charge is 0.478 e. The maximum atomic E-state index is 13.0. The van der Waals surface area contributed by atoms with Gasteiger partial charge < -0.3 is 14.7 Å². The molecule has 6 heteroatoms. The van der Waals surface area contributed by atoms with Gasteiger partial charge in [0.25, 0.3) is 5.91 Å². The van der Waals surface area contributed by atoms with E-state index in [-0.39, 0.29) is 23.3 Å². The number of pyridine rings is 1. The van der Waals surface area contributed by atoms with Gasteiger partial charge in [0, 0.05) is 6.20 Å². The summed E-state index contributed by atoms with van der Waals surface area (Å²) in [5.41, 5.74) is 0.664. The average molecular weight is 340 g/mol. The predicted octanol–water partition coefficient (Wildman–Crippen LogP) is 2.77. The third-order valence-electron chi connectivity index (χ3n) is 4.36. The summed E-state index contributed by atoms with van der Waals surface area (Å²) < 4.78 is 5.95. The zero-order chi connectivity index (χ0) is 18.0. The molecule has 1 fully saturated rings. The highest BCUT2D eigenvalue weighted by Crippen LogP contribution is 2.31. The Labute approximate surface area is 146 Å². The van der Waals surface area contributed by atoms with Crippen LogP contribution in [0.25, 0.3) is 0 Å². The number of hydrogen-bond donors (Lipinski definition) is 1. The SMILES string of the molecule is CC1(C)COC(c2ccccc2)CN1C(=O)c1cc(C(=O)O)ccn1. The highest BCUT2D eigenvalue weighted by atomic mass is 16.5. The van der Waals surface area contributed by atoms with Crippen LogP contribution in [-0.4, -0.2) is 45.6 Å². The van der Waals surface area contributed by atoms with Crippen LogP contribution in [0.1, 0.15) is 46.4 Å². The maximum Gasteiger partial charge on any atom is 0.335 e. The van der Waals surface area contributed by atoms with Crippen molar-refractivity contribution < 1.29 is 19.4 Å². The third-order valence-corrected chi connectivity index (χ3v) is 4.36. The van der Waals surface area contributed by atoms with E-state index in [1.165, 1.54) is 18.3 Å². The number of benzene rings is 1. The van der Waals surface area contributed by atoms with Gasteiger partial charge >= 0.3 is 5.97 Å². The van der Waals surface area contributed by atoms with E-state index >= 15 is 0 Å². The summed E-state index contributed by atoms with van der Waals surface area (Å²) in [7, 11) is 0. The molecule has 130 valence electrons. The quantitative estimate of drug-likeness (QED) is 0.929. The molecule has 2 heterocycles. The van der Waals surface area contributed by atoms with Crippen LogP contribution >= 0.6 is 0 Å². The lowest BCUT2D eigenvalue weighted by Gasteiger charge is -2.45. The average Bonchev–Trinajstić information content (AvgIpc) is 2.62. The first-order valence-electron chi connectivity index (χ1n) is 8.06. The molecule has 6 nitrogen and oxygen atoms in total. The van der Waals surface area contributed by atoms with Gasteiger partial charge in [0.05, 0.1) is 24.3 Å². The van der Waals surface area contributed by atoms with Gasteiger partial charge in [-0.3, -0.25) is 9.78 Å². The minimum Gasteiger partial charge on any atom is -0.478 e. The van der Waals surface area contributed by atoms with Gasteiger partial charge in [-0.1, -0.05) is 30.3 Å². The summed E-state index contributed by atoms with van der Waals surface area (Å²) in [4.78, 5) is 29.9. The Morgan fingerprint density at radius 3 is 2.64 bits per heavy atom. The monoisotopic (exact) mass is 340 g/mol. The summed E-state index contributed by atoms with van der Waals surface area (Å²) in [6, 6.07) is 12.4.